The average molecular weight is 386 g/mol. The zero-order valence-corrected chi connectivity index (χ0v) is 16.2. The van der Waals surface area contributed by atoms with Crippen LogP contribution in [0.2, 0.25) is 0 Å². The highest BCUT2D eigenvalue weighted by molar-refractivity contribution is 5.97. The number of hydrogen-bond acceptors (Lipinski definition) is 4. The molecular weight excluding hydrogens is 364 g/mol. The Kier molecular flexibility index (Phi) is 5.33. The average Bonchev–Trinajstić information content (AvgIpc) is 2.78. The number of hydrogen-bond donors (Lipinski definition) is 0. The number of amides is 2. The Labute approximate surface area is 169 Å². The lowest BCUT2D eigenvalue weighted by Crippen LogP contribution is -2.58. The van der Waals surface area contributed by atoms with Gasteiger partial charge in [-0.05, 0) is 34.9 Å². The van der Waals surface area contributed by atoms with Crippen LogP contribution in [0.1, 0.15) is 16.1 Å². The van der Waals surface area contributed by atoms with Gasteiger partial charge in [0, 0.05) is 45.1 Å². The first-order valence-corrected chi connectivity index (χ1v) is 9.60. The number of likely N-dealkylation sites (N-methyl/N-ethyl adjacent to an activating group) is 1. The third-order valence-electron chi connectivity index (χ3n) is 5.21. The van der Waals surface area contributed by atoms with Crippen LogP contribution in [0.3, 0.4) is 0 Å². The van der Waals surface area contributed by atoms with Crippen LogP contribution in [0.25, 0.3) is 11.1 Å². The molecule has 0 N–H and O–H groups in total. The molecule has 1 saturated heterocycles. The van der Waals surface area contributed by atoms with Gasteiger partial charge in [-0.3, -0.25) is 19.6 Å². The minimum absolute atomic E-state index is 0.0488. The van der Waals surface area contributed by atoms with E-state index in [2.05, 4.69) is 16.0 Å². The largest absolute Gasteiger partial charge is 0.342 e. The highest BCUT2D eigenvalue weighted by Crippen LogP contribution is 2.23. The van der Waals surface area contributed by atoms with Crippen molar-refractivity contribution in [2.45, 2.75) is 12.5 Å². The van der Waals surface area contributed by atoms with Gasteiger partial charge in [0.1, 0.15) is 11.7 Å². The van der Waals surface area contributed by atoms with Crippen molar-refractivity contribution in [3.63, 3.8) is 0 Å². The van der Waals surface area contributed by atoms with E-state index in [9.17, 15) is 9.59 Å². The van der Waals surface area contributed by atoms with Crippen LogP contribution < -0.4 is 0 Å². The van der Waals surface area contributed by atoms with E-state index < -0.39 is 6.04 Å². The highest BCUT2D eigenvalue weighted by atomic mass is 16.2. The van der Waals surface area contributed by atoms with Gasteiger partial charge in [0.2, 0.25) is 5.91 Å². The Morgan fingerprint density at radius 3 is 2.66 bits per heavy atom. The summed E-state index contributed by atoms with van der Waals surface area (Å²) in [6, 6.07) is 16.6. The number of rotatable bonds is 4. The standard InChI is InChI=1S/C23H22N4O2/c1-26-12-13-27(22(28)20-9-2-3-11-25-20)21(23(26)29)15-17-6-4-7-18(14-17)19-8-5-10-24-16-19/h2-11,14,16,21H,12-13,15H2,1H3/t21-/m1/s1. The third-order valence-corrected chi connectivity index (χ3v) is 5.21. The highest BCUT2D eigenvalue weighted by Gasteiger charge is 2.36. The van der Waals surface area contributed by atoms with Crippen molar-refractivity contribution in [3.05, 3.63) is 84.4 Å². The molecule has 1 aliphatic heterocycles. The Balaban J connectivity index is 1.62. The molecule has 1 fully saturated rings. The normalized spacial score (nSPS) is 16.7. The fraction of sp³-hybridized carbons (Fsp3) is 0.217. The minimum atomic E-state index is -0.549. The zero-order valence-electron chi connectivity index (χ0n) is 16.2. The summed E-state index contributed by atoms with van der Waals surface area (Å²) in [5.74, 6) is -0.257. The number of piperazine rings is 1. The Morgan fingerprint density at radius 2 is 1.90 bits per heavy atom. The summed E-state index contributed by atoms with van der Waals surface area (Å²) < 4.78 is 0. The second-order valence-electron chi connectivity index (χ2n) is 7.14. The van der Waals surface area contributed by atoms with Gasteiger partial charge in [-0.2, -0.15) is 0 Å². The molecule has 1 atom stereocenters. The molecule has 146 valence electrons. The number of carbonyl (C=O) groups is 2. The maximum absolute atomic E-state index is 13.0. The van der Waals surface area contributed by atoms with Gasteiger partial charge in [-0.25, -0.2) is 0 Å². The molecule has 0 aliphatic carbocycles. The fourth-order valence-corrected chi connectivity index (χ4v) is 3.62. The minimum Gasteiger partial charge on any atom is -0.342 e. The molecule has 0 saturated carbocycles. The van der Waals surface area contributed by atoms with Crippen molar-refractivity contribution in [2.75, 3.05) is 20.1 Å². The van der Waals surface area contributed by atoms with Gasteiger partial charge in [0.05, 0.1) is 0 Å². The van der Waals surface area contributed by atoms with E-state index in [1.54, 1.807) is 47.4 Å². The Bertz CT molecular complexity index is 1010. The van der Waals surface area contributed by atoms with E-state index >= 15 is 0 Å². The van der Waals surface area contributed by atoms with Gasteiger partial charge in [0.25, 0.3) is 5.91 Å². The van der Waals surface area contributed by atoms with Crippen LogP contribution in [-0.2, 0) is 11.2 Å². The number of aromatic nitrogens is 2. The lowest BCUT2D eigenvalue weighted by atomic mass is 9.97. The van der Waals surface area contributed by atoms with Gasteiger partial charge in [0.15, 0.2) is 0 Å². The topological polar surface area (TPSA) is 66.4 Å². The molecule has 4 rings (SSSR count). The van der Waals surface area contributed by atoms with E-state index in [1.165, 1.54) is 0 Å². The first-order valence-electron chi connectivity index (χ1n) is 9.60. The number of benzene rings is 1. The van der Waals surface area contributed by atoms with Gasteiger partial charge in [-0.15, -0.1) is 0 Å². The number of carbonyl (C=O) groups excluding carboxylic acids is 2. The summed E-state index contributed by atoms with van der Waals surface area (Å²) in [7, 11) is 1.78. The lowest BCUT2D eigenvalue weighted by Gasteiger charge is -2.39. The van der Waals surface area contributed by atoms with Crippen LogP contribution in [0.5, 0.6) is 0 Å². The van der Waals surface area contributed by atoms with Crippen LogP contribution in [0, 0.1) is 0 Å². The molecule has 3 aromatic rings. The molecular formula is C23H22N4O2. The van der Waals surface area contributed by atoms with Crippen molar-refractivity contribution in [2.24, 2.45) is 0 Å². The summed E-state index contributed by atoms with van der Waals surface area (Å²) in [4.78, 5) is 37.7. The first-order chi connectivity index (χ1) is 14.1. The lowest BCUT2D eigenvalue weighted by molar-refractivity contribution is -0.138. The maximum atomic E-state index is 13.0. The van der Waals surface area contributed by atoms with E-state index in [1.807, 2.05) is 36.5 Å². The monoisotopic (exact) mass is 386 g/mol. The Morgan fingerprint density at radius 1 is 1.03 bits per heavy atom. The molecule has 2 amide bonds. The van der Waals surface area contributed by atoms with Crippen LogP contribution in [0.4, 0.5) is 0 Å². The van der Waals surface area contributed by atoms with Crippen molar-refractivity contribution in [3.8, 4) is 11.1 Å². The van der Waals surface area contributed by atoms with Crippen molar-refractivity contribution in [1.29, 1.82) is 0 Å². The van der Waals surface area contributed by atoms with Crippen molar-refractivity contribution in [1.82, 2.24) is 19.8 Å². The summed E-state index contributed by atoms with van der Waals surface area (Å²) in [5.41, 5.74) is 3.41. The fourth-order valence-electron chi connectivity index (χ4n) is 3.62. The van der Waals surface area contributed by atoms with Crippen LogP contribution in [-0.4, -0.2) is 57.8 Å². The summed E-state index contributed by atoms with van der Waals surface area (Å²) in [6.45, 7) is 1.01. The van der Waals surface area contributed by atoms with Crippen molar-refractivity contribution < 1.29 is 9.59 Å². The number of pyridine rings is 2. The predicted molar refractivity (Wildman–Crippen MR) is 110 cm³/mol. The van der Waals surface area contributed by atoms with E-state index in [0.29, 0.717) is 25.2 Å². The zero-order chi connectivity index (χ0) is 20.2. The number of nitrogens with zero attached hydrogens (tertiary/aromatic N) is 4. The summed E-state index contributed by atoms with van der Waals surface area (Å²) in [6.07, 6.45) is 5.61. The van der Waals surface area contributed by atoms with Crippen LogP contribution >= 0.6 is 0 Å². The molecule has 6 nitrogen and oxygen atoms in total. The molecule has 0 bridgehead atoms. The molecule has 29 heavy (non-hydrogen) atoms. The smallest absolute Gasteiger partial charge is 0.273 e. The second-order valence-corrected chi connectivity index (χ2v) is 7.14. The van der Waals surface area contributed by atoms with Gasteiger partial charge < -0.3 is 9.80 Å². The molecule has 3 heterocycles. The van der Waals surface area contributed by atoms with Crippen molar-refractivity contribution >= 4 is 11.8 Å². The van der Waals surface area contributed by atoms with E-state index in [0.717, 1.165) is 16.7 Å². The second kappa shape index (κ2) is 8.22. The molecule has 6 heteroatoms. The van der Waals surface area contributed by atoms with Crippen LogP contribution in [0.15, 0.2) is 73.2 Å². The summed E-state index contributed by atoms with van der Waals surface area (Å²) >= 11 is 0. The molecule has 2 aromatic heterocycles. The molecule has 0 spiro atoms. The molecule has 0 unspecified atom stereocenters. The third kappa shape index (κ3) is 4.01. The quantitative estimate of drug-likeness (QED) is 0.691. The van der Waals surface area contributed by atoms with E-state index in [-0.39, 0.29) is 11.8 Å². The van der Waals surface area contributed by atoms with Gasteiger partial charge in [-0.1, -0.05) is 36.4 Å². The molecule has 1 aromatic carbocycles. The SMILES string of the molecule is CN1CCN(C(=O)c2ccccn2)[C@H](Cc2cccc(-c3cccnc3)c2)C1=O. The Hall–Kier alpha value is -3.54. The summed E-state index contributed by atoms with van der Waals surface area (Å²) in [5, 5.41) is 0. The van der Waals surface area contributed by atoms with Gasteiger partial charge >= 0.3 is 0 Å². The first kappa shape index (κ1) is 18.8. The molecule has 0 radical (unpaired) electrons. The maximum Gasteiger partial charge on any atom is 0.273 e. The predicted octanol–water partition coefficient (Wildman–Crippen LogP) is 2.67. The van der Waals surface area contributed by atoms with E-state index in [4.69, 9.17) is 0 Å². The molecule has 1 aliphatic rings.